The summed E-state index contributed by atoms with van der Waals surface area (Å²) in [5.74, 6) is 3.19. The van der Waals surface area contributed by atoms with E-state index in [1.807, 2.05) is 0 Å². The first kappa shape index (κ1) is 22.1. The van der Waals surface area contributed by atoms with E-state index in [0.717, 1.165) is 19.6 Å². The molecule has 0 radical (unpaired) electrons. The van der Waals surface area contributed by atoms with Crippen molar-refractivity contribution in [3.05, 3.63) is 0 Å². The molecule has 0 aromatic rings. The van der Waals surface area contributed by atoms with Gasteiger partial charge in [-0.2, -0.15) is 0 Å². The molecule has 2 fully saturated rings. The zero-order valence-electron chi connectivity index (χ0n) is 18.2. The van der Waals surface area contributed by atoms with Crippen molar-refractivity contribution in [3.63, 3.8) is 0 Å². The minimum atomic E-state index is 0.170. The highest BCUT2D eigenvalue weighted by Crippen LogP contribution is 2.38. The van der Waals surface area contributed by atoms with E-state index in [-0.39, 0.29) is 18.3 Å². The second-order valence-corrected chi connectivity index (χ2v) is 8.92. The quantitative estimate of drug-likeness (QED) is 0.665. The lowest BCUT2D eigenvalue weighted by atomic mass is 9.75. The van der Waals surface area contributed by atoms with Crippen LogP contribution in [-0.4, -0.2) is 51.3 Å². The van der Waals surface area contributed by atoms with Crippen LogP contribution in [0.3, 0.4) is 0 Å². The van der Waals surface area contributed by atoms with Gasteiger partial charge in [-0.3, -0.25) is 0 Å². The van der Waals surface area contributed by atoms with Gasteiger partial charge in [-0.05, 0) is 43.9 Å². The summed E-state index contributed by atoms with van der Waals surface area (Å²) < 4.78 is 24.1. The lowest BCUT2D eigenvalue weighted by Crippen LogP contribution is -2.49. The molecule has 0 aliphatic carbocycles. The van der Waals surface area contributed by atoms with Crippen molar-refractivity contribution in [3.8, 4) is 0 Å². The third-order valence-electron chi connectivity index (χ3n) is 7.52. The Morgan fingerprint density at radius 3 is 1.69 bits per heavy atom. The molecule has 154 valence electrons. The fourth-order valence-corrected chi connectivity index (χ4v) is 5.06. The van der Waals surface area contributed by atoms with Crippen LogP contribution in [0.5, 0.6) is 0 Å². The van der Waals surface area contributed by atoms with Gasteiger partial charge in [0, 0.05) is 18.9 Å². The van der Waals surface area contributed by atoms with Gasteiger partial charge in [-0.1, -0.05) is 34.6 Å². The molecule has 2 saturated heterocycles. The maximum absolute atomic E-state index is 6.30. The van der Waals surface area contributed by atoms with Crippen LogP contribution in [0.1, 0.15) is 54.9 Å². The van der Waals surface area contributed by atoms with Crippen molar-refractivity contribution in [2.45, 2.75) is 79.3 Å². The normalized spacial score (nSPS) is 47.1. The molecular formula is C22H42O4. The Morgan fingerprint density at radius 2 is 1.15 bits per heavy atom. The Bertz CT molecular complexity index is 415. The second-order valence-electron chi connectivity index (χ2n) is 8.92. The first-order chi connectivity index (χ1) is 12.3. The van der Waals surface area contributed by atoms with Gasteiger partial charge >= 0.3 is 0 Å². The minimum absolute atomic E-state index is 0.170. The molecule has 4 nitrogen and oxygen atoms in total. The van der Waals surface area contributed by atoms with Crippen LogP contribution in [0, 0.1) is 35.5 Å². The Kier molecular flexibility index (Phi) is 8.39. The average molecular weight is 371 g/mol. The summed E-state index contributed by atoms with van der Waals surface area (Å²) in [7, 11) is 1.78. The minimum Gasteiger partial charge on any atom is -0.384 e. The molecule has 2 aliphatic rings. The van der Waals surface area contributed by atoms with Gasteiger partial charge in [0.1, 0.15) is 0 Å². The van der Waals surface area contributed by atoms with Gasteiger partial charge < -0.3 is 18.9 Å². The zero-order valence-corrected chi connectivity index (χ0v) is 18.2. The smallest absolute Gasteiger partial charge is 0.0840 e. The van der Waals surface area contributed by atoms with Gasteiger partial charge in [-0.25, -0.2) is 0 Å². The summed E-state index contributed by atoms with van der Waals surface area (Å²) in [5.41, 5.74) is 0. The molecule has 0 saturated carbocycles. The van der Waals surface area contributed by atoms with Crippen LogP contribution in [0.25, 0.3) is 0 Å². The fourth-order valence-electron chi connectivity index (χ4n) is 5.06. The molecule has 4 heteroatoms. The van der Waals surface area contributed by atoms with E-state index in [9.17, 15) is 0 Å². The lowest BCUT2D eigenvalue weighted by Gasteiger charge is -2.45. The number of hydrogen-bond acceptors (Lipinski definition) is 4. The van der Waals surface area contributed by atoms with Gasteiger partial charge in [0.05, 0.1) is 44.2 Å². The van der Waals surface area contributed by atoms with Crippen molar-refractivity contribution in [1.82, 2.24) is 0 Å². The molecule has 2 heterocycles. The Balaban J connectivity index is 1.85. The third-order valence-corrected chi connectivity index (χ3v) is 7.52. The van der Waals surface area contributed by atoms with E-state index in [1.54, 1.807) is 7.11 Å². The van der Waals surface area contributed by atoms with Gasteiger partial charge in [0.2, 0.25) is 0 Å². The highest BCUT2D eigenvalue weighted by atomic mass is 16.5. The molecule has 0 bridgehead atoms. The van der Waals surface area contributed by atoms with E-state index in [4.69, 9.17) is 18.9 Å². The summed E-state index contributed by atoms with van der Waals surface area (Å²) in [4.78, 5) is 0. The molecule has 26 heavy (non-hydrogen) atoms. The number of rotatable bonds is 7. The maximum atomic E-state index is 6.30. The first-order valence-corrected chi connectivity index (χ1v) is 10.7. The van der Waals surface area contributed by atoms with Crippen LogP contribution in [0.15, 0.2) is 0 Å². The topological polar surface area (TPSA) is 36.9 Å². The van der Waals surface area contributed by atoms with Gasteiger partial charge in [0.25, 0.3) is 0 Å². The standard InChI is InChI=1S/C22H42O4/c1-9-21-15(4)13(2)20(18(7)25-21)11-24-12-22-16(5)14(3)19(10-23-8)17(6)26-22/h13-22H,9-12H2,1-8H3. The van der Waals surface area contributed by atoms with Gasteiger partial charge in [0.15, 0.2) is 0 Å². The largest absolute Gasteiger partial charge is 0.384 e. The van der Waals surface area contributed by atoms with E-state index in [0.29, 0.717) is 48.2 Å². The molecule has 2 aliphatic heterocycles. The molecule has 0 spiro atoms. The Labute approximate surface area is 161 Å². The molecule has 0 aromatic heterocycles. The molecule has 10 atom stereocenters. The van der Waals surface area contributed by atoms with Crippen LogP contribution >= 0.6 is 0 Å². The van der Waals surface area contributed by atoms with Crippen LogP contribution < -0.4 is 0 Å². The molecule has 0 amide bonds. The summed E-state index contributed by atoms with van der Waals surface area (Å²) in [6.45, 7) is 18.1. The van der Waals surface area contributed by atoms with E-state index in [1.165, 1.54) is 0 Å². The van der Waals surface area contributed by atoms with Crippen LogP contribution in [0.2, 0.25) is 0 Å². The van der Waals surface area contributed by atoms with Crippen LogP contribution in [0.4, 0.5) is 0 Å². The van der Waals surface area contributed by atoms with E-state index < -0.39 is 0 Å². The molecule has 0 aromatic carbocycles. The molecular weight excluding hydrogens is 328 g/mol. The van der Waals surface area contributed by atoms with Crippen molar-refractivity contribution in [2.75, 3.05) is 26.9 Å². The van der Waals surface area contributed by atoms with Crippen molar-refractivity contribution in [1.29, 1.82) is 0 Å². The van der Waals surface area contributed by atoms with Gasteiger partial charge in [-0.15, -0.1) is 0 Å². The predicted octanol–water partition coefficient (Wildman–Crippen LogP) is 4.41. The highest BCUT2D eigenvalue weighted by molar-refractivity contribution is 4.88. The third kappa shape index (κ3) is 4.81. The van der Waals surface area contributed by atoms with Crippen molar-refractivity contribution >= 4 is 0 Å². The molecule has 2 rings (SSSR count). The summed E-state index contributed by atoms with van der Waals surface area (Å²) in [6, 6.07) is 0. The molecule has 10 unspecified atom stereocenters. The first-order valence-electron chi connectivity index (χ1n) is 10.7. The molecule has 0 N–H and O–H groups in total. The highest BCUT2D eigenvalue weighted by Gasteiger charge is 2.41. The lowest BCUT2D eigenvalue weighted by molar-refractivity contribution is -0.177. The second kappa shape index (κ2) is 9.86. The predicted molar refractivity (Wildman–Crippen MR) is 105 cm³/mol. The maximum Gasteiger partial charge on any atom is 0.0840 e. The summed E-state index contributed by atoms with van der Waals surface area (Å²) in [6.07, 6.45) is 2.13. The number of ether oxygens (including phenoxy) is 4. The van der Waals surface area contributed by atoms with Crippen LogP contribution in [-0.2, 0) is 18.9 Å². The fraction of sp³-hybridized carbons (Fsp3) is 1.00. The number of hydrogen-bond donors (Lipinski definition) is 0. The van der Waals surface area contributed by atoms with E-state index in [2.05, 4.69) is 48.5 Å². The Hall–Kier alpha value is -0.160. The SMILES string of the molecule is CCC1OC(C)C(COCC2OC(C)C(COC)C(C)C2C)C(C)C1C. The Morgan fingerprint density at radius 1 is 0.654 bits per heavy atom. The van der Waals surface area contributed by atoms with Crippen molar-refractivity contribution < 1.29 is 18.9 Å². The summed E-state index contributed by atoms with van der Waals surface area (Å²) >= 11 is 0. The monoisotopic (exact) mass is 370 g/mol. The summed E-state index contributed by atoms with van der Waals surface area (Å²) in [5, 5.41) is 0. The number of methoxy groups -OCH3 is 1. The average Bonchev–Trinajstić information content (AvgIpc) is 2.61. The zero-order chi connectivity index (χ0) is 19.4. The van der Waals surface area contributed by atoms with E-state index >= 15 is 0 Å². The van der Waals surface area contributed by atoms with Crippen molar-refractivity contribution in [2.24, 2.45) is 35.5 Å².